The number of carbonyl (C=O) groups is 1. The van der Waals surface area contributed by atoms with Crippen LogP contribution in [0.2, 0.25) is 0 Å². The number of fused-ring (bicyclic) bond motifs is 1. The molecule has 11 nitrogen and oxygen atoms in total. The highest BCUT2D eigenvalue weighted by atomic mass is 16.5. The number of nitrogens with zero attached hydrogens (tertiary/aromatic N) is 3. The zero-order valence-electron chi connectivity index (χ0n) is 17.7. The van der Waals surface area contributed by atoms with Gasteiger partial charge in [-0.1, -0.05) is 6.92 Å². The lowest BCUT2D eigenvalue weighted by Gasteiger charge is -2.25. The Kier molecular flexibility index (Phi) is 5.29. The number of methoxy groups -OCH3 is 1. The molecule has 1 saturated heterocycles. The number of hydrogen-bond acceptors (Lipinski definition) is 7. The van der Waals surface area contributed by atoms with E-state index < -0.39 is 17.3 Å². The van der Waals surface area contributed by atoms with E-state index in [9.17, 15) is 14.4 Å². The number of hydrogen-bond donors (Lipinski definition) is 4. The summed E-state index contributed by atoms with van der Waals surface area (Å²) < 4.78 is 8.00. The Labute approximate surface area is 178 Å². The molecule has 0 radical (unpaired) electrons. The third kappa shape index (κ3) is 3.58. The SMILES string of the molecule is COc1c(N2C[C@@H](C)[C@@H](C(N)CNC(N)=O)C2)ccc2c(=O)n(N)c(=O)n(C3CC3)c12. The van der Waals surface area contributed by atoms with Crippen molar-refractivity contribution in [1.82, 2.24) is 14.6 Å². The van der Waals surface area contributed by atoms with Gasteiger partial charge in [0.25, 0.3) is 5.56 Å². The van der Waals surface area contributed by atoms with Gasteiger partial charge in [0.05, 0.1) is 18.2 Å². The van der Waals surface area contributed by atoms with Crippen LogP contribution in [0, 0.1) is 11.8 Å². The van der Waals surface area contributed by atoms with Crippen LogP contribution in [0.3, 0.4) is 0 Å². The molecule has 11 heteroatoms. The van der Waals surface area contributed by atoms with Gasteiger partial charge in [-0.2, -0.15) is 4.68 Å². The maximum atomic E-state index is 12.8. The van der Waals surface area contributed by atoms with Gasteiger partial charge in [0.1, 0.15) is 5.52 Å². The number of amides is 2. The van der Waals surface area contributed by atoms with Crippen LogP contribution in [0.5, 0.6) is 5.75 Å². The van der Waals surface area contributed by atoms with Crippen molar-refractivity contribution in [2.24, 2.45) is 23.3 Å². The number of nitrogens with two attached hydrogens (primary N) is 3. The Bertz CT molecular complexity index is 1140. The number of rotatable bonds is 6. The summed E-state index contributed by atoms with van der Waals surface area (Å²) in [4.78, 5) is 38.6. The lowest BCUT2D eigenvalue weighted by Crippen LogP contribution is -2.45. The summed E-state index contributed by atoms with van der Waals surface area (Å²) in [5.41, 5.74) is 11.7. The number of nitrogens with one attached hydrogen (secondary N) is 1. The van der Waals surface area contributed by atoms with Crippen molar-refractivity contribution in [3.05, 3.63) is 33.0 Å². The van der Waals surface area contributed by atoms with Gasteiger partial charge in [0.15, 0.2) is 5.75 Å². The molecule has 1 aliphatic heterocycles. The average molecular weight is 431 g/mol. The Balaban J connectivity index is 1.76. The molecule has 1 unspecified atom stereocenters. The largest absolute Gasteiger partial charge is 0.492 e. The molecule has 31 heavy (non-hydrogen) atoms. The quantitative estimate of drug-likeness (QED) is 0.439. The van der Waals surface area contributed by atoms with Crippen LogP contribution in [0.4, 0.5) is 10.5 Å². The summed E-state index contributed by atoms with van der Waals surface area (Å²) in [6.45, 7) is 3.77. The molecule has 1 aromatic heterocycles. The number of primary amides is 1. The predicted octanol–water partition coefficient (Wildman–Crippen LogP) is -0.712. The fourth-order valence-electron chi connectivity index (χ4n) is 4.64. The summed E-state index contributed by atoms with van der Waals surface area (Å²) in [6.07, 6.45) is 1.70. The van der Waals surface area contributed by atoms with Crippen LogP contribution in [-0.4, -0.2) is 48.1 Å². The topological polar surface area (TPSA) is 164 Å². The normalized spacial score (nSPS) is 22.0. The first-order valence-corrected chi connectivity index (χ1v) is 10.4. The molecule has 2 fully saturated rings. The van der Waals surface area contributed by atoms with Crippen molar-refractivity contribution in [2.75, 3.05) is 37.5 Å². The molecule has 3 atom stereocenters. The molecule has 2 heterocycles. The molecule has 2 aromatic rings. The number of urea groups is 1. The molecule has 1 saturated carbocycles. The number of ether oxygens (including phenoxy) is 1. The molecular weight excluding hydrogens is 402 g/mol. The van der Waals surface area contributed by atoms with E-state index in [1.54, 1.807) is 10.6 Å². The van der Waals surface area contributed by atoms with Crippen molar-refractivity contribution in [2.45, 2.75) is 31.8 Å². The highest BCUT2D eigenvalue weighted by Gasteiger charge is 2.36. The molecule has 2 amide bonds. The zero-order valence-corrected chi connectivity index (χ0v) is 17.7. The number of carbonyl (C=O) groups excluding carboxylic acids is 1. The van der Waals surface area contributed by atoms with Gasteiger partial charge < -0.3 is 32.3 Å². The summed E-state index contributed by atoms with van der Waals surface area (Å²) in [5, 5.41) is 2.92. The van der Waals surface area contributed by atoms with E-state index >= 15 is 0 Å². The van der Waals surface area contributed by atoms with Gasteiger partial charge in [-0.05, 0) is 36.8 Å². The maximum Gasteiger partial charge on any atom is 0.350 e. The highest BCUT2D eigenvalue weighted by Crippen LogP contribution is 2.42. The number of nitrogen functional groups attached to an aromatic ring is 1. The van der Waals surface area contributed by atoms with E-state index in [0.717, 1.165) is 25.1 Å². The third-order valence-electron chi connectivity index (χ3n) is 6.40. The van der Waals surface area contributed by atoms with Gasteiger partial charge in [-0.25, -0.2) is 9.59 Å². The monoisotopic (exact) mass is 431 g/mol. The van der Waals surface area contributed by atoms with Gasteiger partial charge in [0.2, 0.25) is 0 Å². The zero-order chi connectivity index (χ0) is 22.4. The highest BCUT2D eigenvalue weighted by molar-refractivity contribution is 5.91. The minimum Gasteiger partial charge on any atom is -0.492 e. The number of anilines is 1. The van der Waals surface area contributed by atoms with E-state index in [4.69, 9.17) is 22.0 Å². The van der Waals surface area contributed by atoms with Gasteiger partial charge in [-0.3, -0.25) is 9.36 Å². The van der Waals surface area contributed by atoms with Crippen LogP contribution in [0.1, 0.15) is 25.8 Å². The van der Waals surface area contributed by atoms with Crippen molar-refractivity contribution < 1.29 is 9.53 Å². The molecule has 1 aromatic carbocycles. The fourth-order valence-corrected chi connectivity index (χ4v) is 4.64. The Hall–Kier alpha value is -3.21. The van der Waals surface area contributed by atoms with Crippen molar-refractivity contribution in [3.8, 4) is 5.75 Å². The van der Waals surface area contributed by atoms with Crippen molar-refractivity contribution in [3.63, 3.8) is 0 Å². The number of benzene rings is 1. The van der Waals surface area contributed by atoms with Crippen LogP contribution < -0.4 is 43.5 Å². The maximum absolute atomic E-state index is 12.8. The minimum atomic E-state index is -0.599. The van der Waals surface area contributed by atoms with Crippen LogP contribution >= 0.6 is 0 Å². The second-order valence-electron chi connectivity index (χ2n) is 8.53. The summed E-state index contributed by atoms with van der Waals surface area (Å²) >= 11 is 0. The molecule has 2 aliphatic rings. The van der Waals surface area contributed by atoms with Gasteiger partial charge >= 0.3 is 11.7 Å². The molecule has 1 aliphatic carbocycles. The first kappa shape index (κ1) is 21.0. The van der Waals surface area contributed by atoms with Gasteiger partial charge in [0, 0.05) is 31.7 Å². The average Bonchev–Trinajstić information content (AvgIpc) is 3.50. The fraction of sp³-hybridized carbons (Fsp3) is 0.550. The summed E-state index contributed by atoms with van der Waals surface area (Å²) in [5.74, 6) is 6.61. The number of aromatic nitrogens is 2. The molecular formula is C20H29N7O4. The Morgan fingerprint density at radius 2 is 2.00 bits per heavy atom. The molecule has 168 valence electrons. The standard InChI is InChI=1S/C20H29N7O4/c1-10-8-25(9-13(10)14(21)7-24-19(22)29)15-6-5-12-16(17(15)31-2)26(11-3-4-11)20(30)27(23)18(12)28/h5-6,10-11,13-14H,3-4,7-9,21,23H2,1-2H3,(H3,22,24,29)/t10-,13+,14?/m1/s1. The van der Waals surface area contributed by atoms with E-state index in [1.165, 1.54) is 7.11 Å². The minimum absolute atomic E-state index is 0.00750. The lowest BCUT2D eigenvalue weighted by atomic mass is 9.91. The van der Waals surface area contributed by atoms with Crippen molar-refractivity contribution in [1.29, 1.82) is 0 Å². The van der Waals surface area contributed by atoms with Crippen LogP contribution in [0.25, 0.3) is 10.9 Å². The Morgan fingerprint density at radius 3 is 2.61 bits per heavy atom. The molecule has 0 bridgehead atoms. The van der Waals surface area contributed by atoms with Gasteiger partial charge in [-0.15, -0.1) is 0 Å². The third-order valence-corrected chi connectivity index (χ3v) is 6.40. The summed E-state index contributed by atoms with van der Waals surface area (Å²) in [7, 11) is 1.54. The summed E-state index contributed by atoms with van der Waals surface area (Å²) in [6, 6.07) is 2.68. The first-order valence-electron chi connectivity index (χ1n) is 10.4. The lowest BCUT2D eigenvalue weighted by molar-refractivity contribution is 0.246. The van der Waals surface area contributed by atoms with Crippen LogP contribution in [0.15, 0.2) is 21.7 Å². The molecule has 7 N–H and O–H groups in total. The predicted molar refractivity (Wildman–Crippen MR) is 118 cm³/mol. The second kappa shape index (κ2) is 7.80. The van der Waals surface area contributed by atoms with Crippen LogP contribution in [-0.2, 0) is 0 Å². The van der Waals surface area contributed by atoms with E-state index in [0.29, 0.717) is 34.4 Å². The second-order valence-corrected chi connectivity index (χ2v) is 8.53. The van der Waals surface area contributed by atoms with Crippen molar-refractivity contribution >= 4 is 22.6 Å². The molecule has 0 spiro atoms. The Morgan fingerprint density at radius 1 is 1.29 bits per heavy atom. The van der Waals surface area contributed by atoms with E-state index in [-0.39, 0.29) is 23.9 Å². The van der Waals surface area contributed by atoms with E-state index in [2.05, 4.69) is 17.1 Å². The first-order chi connectivity index (χ1) is 14.7. The molecule has 4 rings (SSSR count). The van der Waals surface area contributed by atoms with E-state index in [1.807, 2.05) is 6.07 Å². The smallest absolute Gasteiger partial charge is 0.350 e.